The normalized spacial score (nSPS) is 11.6. The van der Waals surface area contributed by atoms with Crippen LogP contribution in [0, 0.1) is 0 Å². The lowest BCUT2D eigenvalue weighted by molar-refractivity contribution is -0.138. The molecule has 0 fully saturated rings. The van der Waals surface area contributed by atoms with E-state index < -0.39 is 29.4 Å². The van der Waals surface area contributed by atoms with Crippen molar-refractivity contribution in [1.29, 1.82) is 0 Å². The van der Waals surface area contributed by atoms with Crippen LogP contribution in [-0.4, -0.2) is 30.0 Å². The number of carboxylic acid groups (broad SMARTS) is 1. The Bertz CT molecular complexity index is 1180. The van der Waals surface area contributed by atoms with Gasteiger partial charge in [-0.1, -0.05) is 41.6 Å². The van der Waals surface area contributed by atoms with Crippen molar-refractivity contribution in [2.45, 2.75) is 18.8 Å². The van der Waals surface area contributed by atoms with E-state index in [9.17, 15) is 31.1 Å². The van der Waals surface area contributed by atoms with Crippen molar-refractivity contribution in [3.8, 4) is 5.75 Å². The van der Waals surface area contributed by atoms with Crippen LogP contribution in [0.3, 0.4) is 0 Å². The molecule has 0 radical (unpaired) electrons. The molecule has 0 unspecified atom stereocenters. The first-order valence-corrected chi connectivity index (χ1v) is 10.4. The van der Waals surface area contributed by atoms with Crippen molar-refractivity contribution >= 4 is 11.7 Å². The molecular weight excluding hydrogens is 492 g/mol. The van der Waals surface area contributed by atoms with E-state index in [1.54, 1.807) is 18.2 Å². The Morgan fingerprint density at radius 3 is 1.86 bits per heavy atom. The SMILES string of the molecule is O=C(O)Cc1cccc(OCCON=C(c2cccc(C(F)(F)F)c2)c2cccc(C(F)(F)F)c2)c1. The van der Waals surface area contributed by atoms with Crippen LogP contribution in [0.1, 0.15) is 27.8 Å². The lowest BCUT2D eigenvalue weighted by atomic mass is 9.98. The van der Waals surface area contributed by atoms with Gasteiger partial charge in [0.05, 0.1) is 17.5 Å². The maximum absolute atomic E-state index is 13.2. The summed E-state index contributed by atoms with van der Waals surface area (Å²) >= 11 is 0. The number of hydrogen-bond donors (Lipinski definition) is 1. The third-order valence-corrected chi connectivity index (χ3v) is 4.78. The number of carboxylic acids is 1. The van der Waals surface area contributed by atoms with Gasteiger partial charge in [0.25, 0.3) is 0 Å². The van der Waals surface area contributed by atoms with E-state index >= 15 is 0 Å². The Labute approximate surface area is 201 Å². The number of alkyl halides is 6. The fourth-order valence-corrected chi connectivity index (χ4v) is 3.18. The van der Waals surface area contributed by atoms with Crippen molar-refractivity contribution in [3.05, 3.63) is 101 Å². The fourth-order valence-electron chi connectivity index (χ4n) is 3.18. The Morgan fingerprint density at radius 1 is 0.778 bits per heavy atom. The molecule has 0 heterocycles. The first-order valence-electron chi connectivity index (χ1n) is 10.4. The molecule has 0 aliphatic heterocycles. The predicted octanol–water partition coefficient (Wildman–Crippen LogP) is 6.20. The van der Waals surface area contributed by atoms with Crippen molar-refractivity contribution < 1.29 is 45.8 Å². The largest absolute Gasteiger partial charge is 0.490 e. The molecule has 0 atom stereocenters. The van der Waals surface area contributed by atoms with E-state index in [0.717, 1.165) is 36.4 Å². The van der Waals surface area contributed by atoms with Crippen molar-refractivity contribution in [3.63, 3.8) is 0 Å². The molecule has 0 bridgehead atoms. The summed E-state index contributed by atoms with van der Waals surface area (Å²) in [5.74, 6) is -0.654. The fraction of sp³-hybridized carbons (Fsp3) is 0.200. The second kappa shape index (κ2) is 11.1. The van der Waals surface area contributed by atoms with Gasteiger partial charge in [0, 0.05) is 11.1 Å². The lowest BCUT2D eigenvalue weighted by Gasteiger charge is -2.13. The van der Waals surface area contributed by atoms with Gasteiger partial charge < -0.3 is 14.7 Å². The number of ether oxygens (including phenoxy) is 1. The average molecular weight is 511 g/mol. The van der Waals surface area contributed by atoms with Gasteiger partial charge in [0.2, 0.25) is 0 Å². The van der Waals surface area contributed by atoms with E-state index in [2.05, 4.69) is 5.16 Å². The summed E-state index contributed by atoms with van der Waals surface area (Å²) < 4.78 is 84.6. The lowest BCUT2D eigenvalue weighted by Crippen LogP contribution is -2.12. The molecule has 190 valence electrons. The molecule has 0 saturated carbocycles. The van der Waals surface area contributed by atoms with E-state index in [1.165, 1.54) is 18.2 Å². The van der Waals surface area contributed by atoms with Crippen LogP contribution in [0.2, 0.25) is 0 Å². The van der Waals surface area contributed by atoms with Gasteiger partial charge >= 0.3 is 18.3 Å². The maximum atomic E-state index is 13.2. The minimum absolute atomic E-state index is 0.0709. The maximum Gasteiger partial charge on any atom is 0.416 e. The summed E-state index contributed by atoms with van der Waals surface area (Å²) in [6, 6.07) is 14.3. The molecular formula is C25H19F6NO4. The quantitative estimate of drug-likeness (QED) is 0.161. The van der Waals surface area contributed by atoms with E-state index in [4.69, 9.17) is 14.7 Å². The van der Waals surface area contributed by atoms with Crippen molar-refractivity contribution in [2.75, 3.05) is 13.2 Å². The van der Waals surface area contributed by atoms with Crippen LogP contribution in [0.5, 0.6) is 5.75 Å². The monoisotopic (exact) mass is 511 g/mol. The summed E-state index contributed by atoms with van der Waals surface area (Å²) in [5.41, 5.74) is -1.89. The molecule has 0 aromatic heterocycles. The van der Waals surface area contributed by atoms with Gasteiger partial charge in [0.15, 0.2) is 6.61 Å². The molecule has 0 spiro atoms. The average Bonchev–Trinajstić information content (AvgIpc) is 2.80. The number of nitrogens with zero attached hydrogens (tertiary/aromatic N) is 1. The van der Waals surface area contributed by atoms with Crippen LogP contribution >= 0.6 is 0 Å². The molecule has 3 aromatic rings. The zero-order chi connectivity index (χ0) is 26.3. The number of carbonyl (C=O) groups is 1. The van der Waals surface area contributed by atoms with Crippen LogP contribution in [-0.2, 0) is 28.4 Å². The summed E-state index contributed by atoms with van der Waals surface area (Å²) in [7, 11) is 0. The molecule has 11 heteroatoms. The minimum Gasteiger partial charge on any atom is -0.490 e. The molecule has 36 heavy (non-hydrogen) atoms. The summed E-state index contributed by atoms with van der Waals surface area (Å²) in [6.45, 7) is -0.261. The summed E-state index contributed by atoms with van der Waals surface area (Å²) in [5, 5.41) is 12.7. The van der Waals surface area contributed by atoms with Crippen LogP contribution < -0.4 is 4.74 Å². The Kier molecular flexibility index (Phi) is 8.23. The topological polar surface area (TPSA) is 68.1 Å². The van der Waals surface area contributed by atoms with Gasteiger partial charge in [-0.25, -0.2) is 0 Å². The molecule has 0 saturated heterocycles. The summed E-state index contributed by atoms with van der Waals surface area (Å²) in [4.78, 5) is 16.0. The molecule has 0 aliphatic rings. The first kappa shape index (κ1) is 26.6. The molecule has 5 nitrogen and oxygen atoms in total. The van der Waals surface area contributed by atoms with Crippen molar-refractivity contribution in [1.82, 2.24) is 0 Å². The minimum atomic E-state index is -4.67. The molecule has 1 N–H and O–H groups in total. The second-order valence-corrected chi connectivity index (χ2v) is 7.50. The predicted molar refractivity (Wildman–Crippen MR) is 118 cm³/mol. The highest BCUT2D eigenvalue weighted by Crippen LogP contribution is 2.32. The molecule has 0 amide bonds. The first-order chi connectivity index (χ1) is 16.9. The van der Waals surface area contributed by atoms with E-state index in [1.807, 2.05) is 0 Å². The van der Waals surface area contributed by atoms with Gasteiger partial charge in [-0.05, 0) is 42.0 Å². The second-order valence-electron chi connectivity index (χ2n) is 7.50. The third kappa shape index (κ3) is 7.49. The third-order valence-electron chi connectivity index (χ3n) is 4.78. The molecule has 3 aromatic carbocycles. The number of halogens is 6. The highest BCUT2D eigenvalue weighted by molar-refractivity contribution is 6.12. The van der Waals surface area contributed by atoms with Gasteiger partial charge in [-0.3, -0.25) is 4.79 Å². The highest BCUT2D eigenvalue weighted by Gasteiger charge is 2.32. The zero-order valence-corrected chi connectivity index (χ0v) is 18.4. The van der Waals surface area contributed by atoms with Gasteiger partial charge in [-0.2, -0.15) is 26.3 Å². The Balaban J connectivity index is 1.81. The van der Waals surface area contributed by atoms with Crippen LogP contribution in [0.25, 0.3) is 0 Å². The zero-order valence-electron chi connectivity index (χ0n) is 18.4. The van der Waals surface area contributed by atoms with Gasteiger partial charge in [-0.15, -0.1) is 0 Å². The molecule has 3 rings (SSSR count). The van der Waals surface area contributed by atoms with Gasteiger partial charge in [0.1, 0.15) is 18.1 Å². The van der Waals surface area contributed by atoms with Crippen LogP contribution in [0.4, 0.5) is 26.3 Å². The van der Waals surface area contributed by atoms with Crippen molar-refractivity contribution in [2.24, 2.45) is 5.16 Å². The summed E-state index contributed by atoms with van der Waals surface area (Å²) in [6.07, 6.45) is -9.53. The highest BCUT2D eigenvalue weighted by atomic mass is 19.4. The number of aliphatic carboxylic acids is 1. The Morgan fingerprint density at radius 2 is 1.33 bits per heavy atom. The van der Waals surface area contributed by atoms with E-state index in [0.29, 0.717) is 11.3 Å². The molecule has 0 aliphatic carbocycles. The smallest absolute Gasteiger partial charge is 0.416 e. The standard InChI is InChI=1S/C25H19F6NO4/c26-24(27,28)19-7-2-5-17(14-19)23(18-6-3-8-20(15-18)25(29,30)31)32-36-11-10-35-21-9-1-4-16(12-21)13-22(33)34/h1-9,12,14-15H,10-11,13H2,(H,33,34). The number of rotatable bonds is 9. The number of benzene rings is 3. The Hall–Kier alpha value is -4.02. The number of oxime groups is 1. The number of hydrogen-bond acceptors (Lipinski definition) is 4. The van der Waals surface area contributed by atoms with E-state index in [-0.39, 0.29) is 36.5 Å². The van der Waals surface area contributed by atoms with Crippen LogP contribution in [0.15, 0.2) is 78.0 Å².